The van der Waals surface area contributed by atoms with Crippen molar-refractivity contribution in [3.05, 3.63) is 40.5 Å². The van der Waals surface area contributed by atoms with Gasteiger partial charge in [-0.25, -0.2) is 9.78 Å². The van der Waals surface area contributed by atoms with Gasteiger partial charge in [0.2, 0.25) is 0 Å². The van der Waals surface area contributed by atoms with Gasteiger partial charge in [-0.15, -0.1) is 11.3 Å². The molecule has 0 unspecified atom stereocenters. The first-order valence-corrected chi connectivity index (χ1v) is 9.62. The lowest BCUT2D eigenvalue weighted by atomic mass is 10.1. The molecule has 1 aliphatic carbocycles. The number of nitriles is 1. The molecule has 1 aliphatic rings. The Labute approximate surface area is 155 Å². The molecule has 132 valence electrons. The molecule has 26 heavy (non-hydrogen) atoms. The van der Waals surface area contributed by atoms with Gasteiger partial charge in [-0.3, -0.25) is 0 Å². The number of aryl methyl sites for hydroxylation is 1. The van der Waals surface area contributed by atoms with Crippen molar-refractivity contribution in [3.63, 3.8) is 0 Å². The maximum absolute atomic E-state index is 11.3. The predicted molar refractivity (Wildman–Crippen MR) is 101 cm³/mol. The summed E-state index contributed by atoms with van der Waals surface area (Å²) in [7, 11) is 0. The number of carboxylic acid groups (broad SMARTS) is 1. The maximum atomic E-state index is 11.3. The van der Waals surface area contributed by atoms with Crippen LogP contribution >= 0.6 is 11.3 Å². The number of aromatic nitrogens is 2. The van der Waals surface area contributed by atoms with Crippen molar-refractivity contribution in [2.45, 2.75) is 39.2 Å². The van der Waals surface area contributed by atoms with Crippen LogP contribution in [0, 0.1) is 24.2 Å². The van der Waals surface area contributed by atoms with Crippen LogP contribution in [0.25, 0.3) is 21.5 Å². The molecule has 2 aromatic heterocycles. The molecule has 1 fully saturated rings. The van der Waals surface area contributed by atoms with Gasteiger partial charge in [0.05, 0.1) is 11.3 Å². The smallest absolute Gasteiger partial charge is 0.347 e. The van der Waals surface area contributed by atoms with Crippen molar-refractivity contribution in [2.75, 3.05) is 0 Å². The number of nitrogens with zero attached hydrogens (tertiary/aromatic N) is 3. The first-order chi connectivity index (χ1) is 12.6. The molecule has 5 nitrogen and oxygen atoms in total. The number of hydrogen-bond acceptors (Lipinski definition) is 4. The minimum Gasteiger partial charge on any atom is -0.477 e. The lowest BCUT2D eigenvalue weighted by molar-refractivity contribution is 0.0701. The van der Waals surface area contributed by atoms with E-state index in [1.807, 2.05) is 24.4 Å². The Hall–Kier alpha value is -2.65. The van der Waals surface area contributed by atoms with E-state index >= 15 is 0 Å². The summed E-state index contributed by atoms with van der Waals surface area (Å²) in [5.74, 6) is -0.260. The first-order valence-electron chi connectivity index (χ1n) is 8.81. The second-order valence-corrected chi connectivity index (χ2v) is 7.93. The number of aromatic carboxylic acids is 1. The molecule has 0 radical (unpaired) electrons. The molecule has 1 aromatic carbocycles. The Morgan fingerprint density at radius 3 is 2.85 bits per heavy atom. The lowest BCUT2D eigenvalue weighted by Crippen LogP contribution is -2.05. The Balaban J connectivity index is 1.76. The van der Waals surface area contributed by atoms with Crippen molar-refractivity contribution in [1.29, 1.82) is 5.26 Å². The van der Waals surface area contributed by atoms with E-state index in [9.17, 15) is 15.2 Å². The van der Waals surface area contributed by atoms with Crippen LogP contribution in [0.15, 0.2) is 24.4 Å². The van der Waals surface area contributed by atoms with E-state index < -0.39 is 5.97 Å². The molecule has 3 aromatic rings. The molecule has 0 amide bonds. The molecule has 0 spiro atoms. The van der Waals surface area contributed by atoms with Crippen LogP contribution in [0.5, 0.6) is 0 Å². The molecule has 6 heteroatoms. The Morgan fingerprint density at radius 1 is 1.42 bits per heavy atom. The summed E-state index contributed by atoms with van der Waals surface area (Å²) in [5, 5.41) is 20.4. The summed E-state index contributed by atoms with van der Waals surface area (Å²) >= 11 is 1.18. The fourth-order valence-corrected chi connectivity index (χ4v) is 4.76. The van der Waals surface area contributed by atoms with Crippen LogP contribution in [-0.4, -0.2) is 20.6 Å². The van der Waals surface area contributed by atoms with E-state index in [4.69, 9.17) is 0 Å². The van der Waals surface area contributed by atoms with Crippen molar-refractivity contribution < 1.29 is 9.90 Å². The number of hydrogen-bond donors (Lipinski definition) is 1. The van der Waals surface area contributed by atoms with Gasteiger partial charge in [0.25, 0.3) is 0 Å². The highest BCUT2D eigenvalue weighted by molar-refractivity contribution is 7.17. The van der Waals surface area contributed by atoms with Gasteiger partial charge < -0.3 is 9.67 Å². The third-order valence-electron chi connectivity index (χ3n) is 5.17. The molecule has 2 heterocycles. The Morgan fingerprint density at radius 2 is 2.19 bits per heavy atom. The van der Waals surface area contributed by atoms with E-state index in [2.05, 4.69) is 15.6 Å². The van der Waals surface area contributed by atoms with Crippen LogP contribution in [-0.2, 0) is 6.54 Å². The molecule has 1 saturated carbocycles. The highest BCUT2D eigenvalue weighted by atomic mass is 32.1. The number of thiazole rings is 1. The minimum atomic E-state index is -0.951. The largest absolute Gasteiger partial charge is 0.477 e. The van der Waals surface area contributed by atoms with Crippen molar-refractivity contribution in [2.24, 2.45) is 5.92 Å². The standard InChI is InChI=1S/C20H19N3O2S/c1-12-18(20(24)25)26-19(22-12)14-6-7-17-16(8-14)15(9-21)11-23(17)10-13-4-2-3-5-13/h6-8,11,13H,2-5,10H2,1H3,(H,24,25). The molecular formula is C20H19N3O2S. The fourth-order valence-electron chi connectivity index (χ4n) is 3.86. The van der Waals surface area contributed by atoms with Gasteiger partial charge in [-0.2, -0.15) is 5.26 Å². The number of carbonyl (C=O) groups is 1. The molecule has 0 aliphatic heterocycles. The van der Waals surface area contributed by atoms with Crippen LogP contribution in [0.3, 0.4) is 0 Å². The van der Waals surface area contributed by atoms with Gasteiger partial charge in [0.1, 0.15) is 16.0 Å². The van der Waals surface area contributed by atoms with Gasteiger partial charge >= 0.3 is 5.97 Å². The van der Waals surface area contributed by atoms with Crippen LogP contribution in [0.4, 0.5) is 0 Å². The molecular weight excluding hydrogens is 346 g/mol. The van der Waals surface area contributed by atoms with Gasteiger partial charge in [-0.05, 0) is 43.9 Å². The zero-order valence-corrected chi connectivity index (χ0v) is 15.3. The summed E-state index contributed by atoms with van der Waals surface area (Å²) in [6.45, 7) is 2.66. The summed E-state index contributed by atoms with van der Waals surface area (Å²) < 4.78 is 2.20. The van der Waals surface area contributed by atoms with Crippen molar-refractivity contribution >= 4 is 28.2 Å². The number of carboxylic acids is 1. The first kappa shape index (κ1) is 16.8. The molecule has 0 atom stereocenters. The molecule has 4 rings (SSSR count). The average Bonchev–Trinajstić information content (AvgIpc) is 3.34. The van der Waals surface area contributed by atoms with Crippen LogP contribution in [0.1, 0.15) is 46.6 Å². The highest BCUT2D eigenvalue weighted by Crippen LogP contribution is 2.33. The molecule has 0 saturated heterocycles. The minimum absolute atomic E-state index is 0.263. The summed E-state index contributed by atoms with van der Waals surface area (Å²) in [6.07, 6.45) is 7.07. The third-order valence-corrected chi connectivity index (χ3v) is 6.36. The summed E-state index contributed by atoms with van der Waals surface area (Å²) in [4.78, 5) is 15.9. The lowest BCUT2D eigenvalue weighted by Gasteiger charge is -2.11. The molecule has 0 bridgehead atoms. The van der Waals surface area contributed by atoms with Crippen LogP contribution < -0.4 is 0 Å². The SMILES string of the molecule is Cc1nc(-c2ccc3c(c2)c(C#N)cn3CC2CCCC2)sc1C(=O)O. The second-order valence-electron chi connectivity index (χ2n) is 6.93. The van der Waals surface area contributed by atoms with E-state index in [-0.39, 0.29) is 4.88 Å². The van der Waals surface area contributed by atoms with Gasteiger partial charge in [-0.1, -0.05) is 12.8 Å². The summed E-state index contributed by atoms with van der Waals surface area (Å²) in [6, 6.07) is 8.25. The Bertz CT molecular complexity index is 1040. The monoisotopic (exact) mass is 365 g/mol. The predicted octanol–water partition coefficient (Wildman–Crippen LogP) is 4.83. The van der Waals surface area contributed by atoms with Crippen molar-refractivity contribution in [3.8, 4) is 16.6 Å². The zero-order chi connectivity index (χ0) is 18.3. The zero-order valence-electron chi connectivity index (χ0n) is 14.5. The van der Waals surface area contributed by atoms with Crippen LogP contribution in [0.2, 0.25) is 0 Å². The number of fused-ring (bicyclic) bond motifs is 1. The molecule has 1 N–H and O–H groups in total. The van der Waals surface area contributed by atoms with E-state index in [1.54, 1.807) is 6.92 Å². The fraction of sp³-hybridized carbons (Fsp3) is 0.350. The maximum Gasteiger partial charge on any atom is 0.347 e. The average molecular weight is 365 g/mol. The quantitative estimate of drug-likeness (QED) is 0.718. The Kier molecular flexibility index (Phi) is 4.25. The van der Waals surface area contributed by atoms with Gasteiger partial charge in [0, 0.05) is 29.2 Å². The van der Waals surface area contributed by atoms with Gasteiger partial charge in [0.15, 0.2) is 0 Å². The van der Waals surface area contributed by atoms with E-state index in [1.165, 1.54) is 37.0 Å². The normalized spacial score (nSPS) is 14.8. The number of rotatable bonds is 4. The topological polar surface area (TPSA) is 78.9 Å². The second kappa shape index (κ2) is 6.58. The highest BCUT2D eigenvalue weighted by Gasteiger charge is 2.19. The summed E-state index contributed by atoms with van der Waals surface area (Å²) in [5.41, 5.74) is 3.10. The third kappa shape index (κ3) is 2.89. The van der Waals surface area contributed by atoms with Crippen molar-refractivity contribution in [1.82, 2.24) is 9.55 Å². The van der Waals surface area contributed by atoms with E-state index in [0.717, 1.165) is 23.0 Å². The van der Waals surface area contributed by atoms with E-state index in [0.29, 0.717) is 22.2 Å². The number of benzene rings is 1.